The third kappa shape index (κ3) is 2.19. The van der Waals surface area contributed by atoms with Crippen LogP contribution in [0, 0.1) is 0 Å². The number of hydrogen-bond donors (Lipinski definition) is 1. The lowest BCUT2D eigenvalue weighted by Crippen LogP contribution is -2.05. The van der Waals surface area contributed by atoms with E-state index in [0.717, 1.165) is 6.07 Å². The molecular weight excluding hydrogens is 259 g/mol. The lowest BCUT2D eigenvalue weighted by molar-refractivity contribution is -0.137. The van der Waals surface area contributed by atoms with Crippen molar-refractivity contribution in [2.45, 2.75) is 6.18 Å². The molecule has 2 aromatic rings. The first-order valence-electron chi connectivity index (χ1n) is 4.33. The molecule has 2 rings (SSSR count). The summed E-state index contributed by atoms with van der Waals surface area (Å²) in [6.07, 6.45) is -2.58. The van der Waals surface area contributed by atoms with Crippen LogP contribution in [0.25, 0.3) is 11.3 Å². The van der Waals surface area contributed by atoms with Gasteiger partial charge < -0.3 is 10.3 Å². The Morgan fingerprint density at radius 1 is 1.29 bits per heavy atom. The molecule has 0 spiro atoms. The van der Waals surface area contributed by atoms with Crippen molar-refractivity contribution in [1.82, 2.24) is 10.1 Å². The maximum atomic E-state index is 12.4. The highest BCUT2D eigenvalue weighted by Gasteiger charge is 2.31. The molecule has 2 aromatic heterocycles. The summed E-state index contributed by atoms with van der Waals surface area (Å²) >= 11 is 5.71. The minimum atomic E-state index is -4.49. The number of halogens is 4. The Morgan fingerprint density at radius 2 is 2.00 bits per heavy atom. The second-order valence-electron chi connectivity index (χ2n) is 3.16. The fraction of sp³-hybridized carbons (Fsp3) is 0.111. The van der Waals surface area contributed by atoms with Crippen molar-refractivity contribution < 1.29 is 17.7 Å². The first-order chi connectivity index (χ1) is 7.89. The summed E-state index contributed by atoms with van der Waals surface area (Å²) in [6, 6.07) is 0.774. The number of rotatable bonds is 1. The van der Waals surface area contributed by atoms with E-state index >= 15 is 0 Å². The van der Waals surface area contributed by atoms with Gasteiger partial charge in [-0.3, -0.25) is 4.98 Å². The number of nitrogens with two attached hydrogens (primary N) is 1. The van der Waals surface area contributed by atoms with Crippen molar-refractivity contribution in [2.75, 3.05) is 5.73 Å². The zero-order chi connectivity index (χ0) is 12.6. The molecule has 0 aliphatic rings. The van der Waals surface area contributed by atoms with Crippen molar-refractivity contribution in [3.63, 3.8) is 0 Å². The van der Waals surface area contributed by atoms with Gasteiger partial charge in [0.2, 0.25) is 5.88 Å². The van der Waals surface area contributed by atoms with E-state index in [1.807, 2.05) is 0 Å². The Morgan fingerprint density at radius 3 is 2.47 bits per heavy atom. The second kappa shape index (κ2) is 3.92. The zero-order valence-corrected chi connectivity index (χ0v) is 8.88. The summed E-state index contributed by atoms with van der Waals surface area (Å²) in [4.78, 5) is 3.62. The molecule has 0 aliphatic carbocycles. The molecule has 0 aliphatic heterocycles. The number of nitrogens with zero attached hydrogens (tertiary/aromatic N) is 2. The quantitative estimate of drug-likeness (QED) is 0.859. The molecule has 0 bridgehead atoms. The largest absolute Gasteiger partial charge is 0.417 e. The highest BCUT2D eigenvalue weighted by atomic mass is 35.5. The van der Waals surface area contributed by atoms with Gasteiger partial charge in [0.05, 0.1) is 28.0 Å². The Hall–Kier alpha value is -1.76. The molecule has 2 heterocycles. The van der Waals surface area contributed by atoms with Gasteiger partial charge in [0, 0.05) is 6.20 Å². The standard InChI is InChI=1S/C9H5ClF3N3O/c10-6-1-4(9(11,12)13)2-15-7(6)5-3-16-17-8(5)14/h1-3H,14H2. The lowest BCUT2D eigenvalue weighted by atomic mass is 10.2. The van der Waals surface area contributed by atoms with E-state index in [1.165, 1.54) is 6.20 Å². The smallest absolute Gasteiger partial charge is 0.367 e. The molecule has 0 amide bonds. The van der Waals surface area contributed by atoms with Gasteiger partial charge in [0.15, 0.2) is 0 Å². The van der Waals surface area contributed by atoms with Gasteiger partial charge in [0.1, 0.15) is 0 Å². The summed E-state index contributed by atoms with van der Waals surface area (Å²) in [6.45, 7) is 0. The van der Waals surface area contributed by atoms with Crippen molar-refractivity contribution in [3.8, 4) is 11.3 Å². The Labute approximate surface area is 98.2 Å². The highest BCUT2D eigenvalue weighted by Crippen LogP contribution is 2.35. The number of aromatic nitrogens is 2. The average Bonchev–Trinajstić information content (AvgIpc) is 2.63. The SMILES string of the molecule is Nc1oncc1-c1ncc(C(F)(F)F)cc1Cl. The van der Waals surface area contributed by atoms with E-state index in [0.29, 0.717) is 6.20 Å². The van der Waals surface area contributed by atoms with E-state index in [-0.39, 0.29) is 22.2 Å². The van der Waals surface area contributed by atoms with Gasteiger partial charge in [-0.05, 0) is 6.07 Å². The van der Waals surface area contributed by atoms with Crippen LogP contribution < -0.4 is 5.73 Å². The molecule has 2 N–H and O–H groups in total. The van der Waals surface area contributed by atoms with Crippen LogP contribution in [0.1, 0.15) is 5.56 Å². The summed E-state index contributed by atoms with van der Waals surface area (Å²) < 4.78 is 41.7. The lowest BCUT2D eigenvalue weighted by Gasteiger charge is -2.08. The molecule has 0 saturated carbocycles. The summed E-state index contributed by atoms with van der Waals surface area (Å²) in [5, 5.41) is 3.22. The molecule has 4 nitrogen and oxygen atoms in total. The fourth-order valence-corrected chi connectivity index (χ4v) is 1.49. The minimum Gasteiger partial charge on any atom is -0.367 e. The van der Waals surface area contributed by atoms with Gasteiger partial charge in [0.25, 0.3) is 0 Å². The van der Waals surface area contributed by atoms with Crippen LogP contribution in [0.2, 0.25) is 5.02 Å². The van der Waals surface area contributed by atoms with Gasteiger partial charge in [-0.1, -0.05) is 16.8 Å². The maximum Gasteiger partial charge on any atom is 0.417 e. The summed E-state index contributed by atoms with van der Waals surface area (Å²) in [5.74, 6) is -0.0563. The van der Waals surface area contributed by atoms with Crippen LogP contribution in [-0.2, 0) is 6.18 Å². The van der Waals surface area contributed by atoms with Crippen molar-refractivity contribution in [1.29, 1.82) is 0 Å². The first kappa shape index (κ1) is 11.7. The molecule has 0 radical (unpaired) electrons. The molecule has 0 fully saturated rings. The van der Waals surface area contributed by atoms with Crippen LogP contribution in [0.4, 0.5) is 19.1 Å². The Bertz CT molecular complexity index is 553. The molecule has 90 valence electrons. The molecule has 17 heavy (non-hydrogen) atoms. The number of nitrogen functional groups attached to an aromatic ring is 1. The van der Waals surface area contributed by atoms with Gasteiger partial charge in [-0.25, -0.2) is 0 Å². The average molecular weight is 264 g/mol. The fourth-order valence-electron chi connectivity index (χ4n) is 1.22. The number of pyridine rings is 1. The van der Waals surface area contributed by atoms with Crippen LogP contribution in [0.5, 0.6) is 0 Å². The Kier molecular flexibility index (Phi) is 2.70. The van der Waals surface area contributed by atoms with Gasteiger partial charge in [-0.15, -0.1) is 0 Å². The molecule has 0 saturated heterocycles. The summed E-state index contributed by atoms with van der Waals surface area (Å²) in [5.41, 5.74) is 4.84. The van der Waals surface area contributed by atoms with Crippen LogP contribution in [0.15, 0.2) is 23.0 Å². The van der Waals surface area contributed by atoms with E-state index < -0.39 is 11.7 Å². The Balaban J connectivity index is 2.50. The van der Waals surface area contributed by atoms with Crippen molar-refractivity contribution in [2.24, 2.45) is 0 Å². The third-order valence-electron chi connectivity index (χ3n) is 2.02. The van der Waals surface area contributed by atoms with Gasteiger partial charge >= 0.3 is 6.18 Å². The van der Waals surface area contributed by atoms with Crippen LogP contribution in [-0.4, -0.2) is 10.1 Å². The predicted octanol–water partition coefficient (Wildman–Crippen LogP) is 2.99. The first-order valence-corrected chi connectivity index (χ1v) is 4.70. The molecule has 0 atom stereocenters. The van der Waals surface area contributed by atoms with E-state index in [1.54, 1.807) is 0 Å². The number of anilines is 1. The third-order valence-corrected chi connectivity index (χ3v) is 2.31. The van der Waals surface area contributed by atoms with E-state index in [9.17, 15) is 13.2 Å². The maximum absolute atomic E-state index is 12.4. The predicted molar refractivity (Wildman–Crippen MR) is 54.2 cm³/mol. The van der Waals surface area contributed by atoms with Crippen LogP contribution in [0.3, 0.4) is 0 Å². The second-order valence-corrected chi connectivity index (χ2v) is 3.56. The normalized spacial score (nSPS) is 11.8. The van der Waals surface area contributed by atoms with Crippen molar-refractivity contribution >= 4 is 17.5 Å². The monoisotopic (exact) mass is 263 g/mol. The molecule has 0 aromatic carbocycles. The molecular formula is C9H5ClF3N3O. The minimum absolute atomic E-state index is 0.0563. The summed E-state index contributed by atoms with van der Waals surface area (Å²) in [7, 11) is 0. The van der Waals surface area contributed by atoms with Crippen molar-refractivity contribution in [3.05, 3.63) is 29.0 Å². The van der Waals surface area contributed by atoms with Crippen LogP contribution >= 0.6 is 11.6 Å². The molecule has 8 heteroatoms. The van der Waals surface area contributed by atoms with E-state index in [2.05, 4.69) is 14.7 Å². The number of hydrogen-bond acceptors (Lipinski definition) is 4. The highest BCUT2D eigenvalue weighted by molar-refractivity contribution is 6.33. The zero-order valence-electron chi connectivity index (χ0n) is 8.12. The van der Waals surface area contributed by atoms with E-state index in [4.69, 9.17) is 17.3 Å². The number of alkyl halides is 3. The topological polar surface area (TPSA) is 64.9 Å². The van der Waals surface area contributed by atoms with Gasteiger partial charge in [-0.2, -0.15) is 13.2 Å². The molecule has 0 unspecified atom stereocenters.